The molecule has 0 saturated heterocycles. The molecule has 5 aromatic rings. The quantitative estimate of drug-likeness (QED) is 0.365. The second-order valence-corrected chi connectivity index (χ2v) is 8.23. The van der Waals surface area contributed by atoms with Gasteiger partial charge in [0.2, 0.25) is 0 Å². The maximum absolute atomic E-state index is 13.7. The fraction of sp³-hybridized carbons (Fsp3) is 0.0800. The minimum Gasteiger partial charge on any atom is -0.497 e. The number of hydrogen-bond donors (Lipinski definition) is 0. The van der Waals surface area contributed by atoms with E-state index in [9.17, 15) is 9.59 Å². The normalized spacial score (nSPS) is 11.1. The van der Waals surface area contributed by atoms with Gasteiger partial charge in [0.15, 0.2) is 0 Å². The molecule has 5 nitrogen and oxygen atoms in total. The van der Waals surface area contributed by atoms with Gasteiger partial charge in [0, 0.05) is 21.2 Å². The van der Waals surface area contributed by atoms with E-state index >= 15 is 0 Å². The zero-order chi connectivity index (χ0) is 21.4. The summed E-state index contributed by atoms with van der Waals surface area (Å²) >= 11 is 1.43. The fourth-order valence-corrected chi connectivity index (χ4v) is 4.83. The van der Waals surface area contributed by atoms with Crippen LogP contribution in [0.2, 0.25) is 0 Å². The Kier molecular flexibility index (Phi) is 4.84. The van der Waals surface area contributed by atoms with Gasteiger partial charge in [-0.2, -0.15) is 0 Å². The predicted octanol–water partition coefficient (Wildman–Crippen LogP) is 5.15. The molecular weight excluding hydrogens is 408 g/mol. The molecule has 2 heterocycles. The third-order valence-corrected chi connectivity index (χ3v) is 6.33. The summed E-state index contributed by atoms with van der Waals surface area (Å²) < 4.78 is 7.87. The smallest absolute Gasteiger partial charge is 0.263 e. The van der Waals surface area contributed by atoms with Crippen LogP contribution in [0.25, 0.3) is 31.7 Å². The molecule has 31 heavy (non-hydrogen) atoms. The molecular formula is C25H18N2O3S. The number of fused-ring (bicyclic) bond motifs is 3. The van der Waals surface area contributed by atoms with Gasteiger partial charge in [-0.3, -0.25) is 14.2 Å². The molecule has 0 unspecified atom stereocenters. The minimum atomic E-state index is -0.0928. The molecule has 2 aromatic heterocycles. The summed E-state index contributed by atoms with van der Waals surface area (Å²) in [7, 11) is 1.62. The van der Waals surface area contributed by atoms with Gasteiger partial charge in [-0.15, -0.1) is 11.3 Å². The van der Waals surface area contributed by atoms with Crippen LogP contribution in [-0.2, 0) is 6.54 Å². The first kappa shape index (κ1) is 19.2. The Labute approximate surface area is 182 Å². The highest BCUT2D eigenvalue weighted by Crippen LogP contribution is 2.33. The number of benzene rings is 3. The first-order chi connectivity index (χ1) is 15.2. The van der Waals surface area contributed by atoms with Crippen LogP contribution in [0.15, 0.2) is 77.6 Å². The van der Waals surface area contributed by atoms with Gasteiger partial charge < -0.3 is 4.74 Å². The summed E-state index contributed by atoms with van der Waals surface area (Å²) in [6, 6.07) is 22.8. The van der Waals surface area contributed by atoms with Crippen molar-refractivity contribution in [2.75, 3.05) is 7.11 Å². The van der Waals surface area contributed by atoms with Crippen LogP contribution in [0.3, 0.4) is 0 Å². The number of carbonyl (C=O) groups is 1. The number of thiophene rings is 1. The van der Waals surface area contributed by atoms with Gasteiger partial charge in [0.05, 0.1) is 19.0 Å². The van der Waals surface area contributed by atoms with Gasteiger partial charge in [0.25, 0.3) is 5.56 Å². The molecule has 3 aromatic carbocycles. The van der Waals surface area contributed by atoms with E-state index in [1.54, 1.807) is 17.7 Å². The summed E-state index contributed by atoms with van der Waals surface area (Å²) in [4.78, 5) is 30.5. The lowest BCUT2D eigenvalue weighted by molar-refractivity contribution is 0.112. The third kappa shape index (κ3) is 3.41. The van der Waals surface area contributed by atoms with Gasteiger partial charge in [0.1, 0.15) is 22.7 Å². The van der Waals surface area contributed by atoms with Crippen LogP contribution in [-0.4, -0.2) is 22.9 Å². The molecule has 0 atom stereocenters. The monoisotopic (exact) mass is 426 g/mol. The molecule has 0 spiro atoms. The SMILES string of the molecule is COc1ccc(-c2nc3sc4cc(C=O)ccc4c3c(=O)n2Cc2ccccc2)cc1. The van der Waals surface area contributed by atoms with Gasteiger partial charge in [-0.25, -0.2) is 4.98 Å². The van der Waals surface area contributed by atoms with Crippen LogP contribution in [0.5, 0.6) is 5.75 Å². The van der Waals surface area contributed by atoms with Gasteiger partial charge in [-0.1, -0.05) is 42.5 Å². The van der Waals surface area contributed by atoms with Crippen LogP contribution in [0.1, 0.15) is 15.9 Å². The lowest BCUT2D eigenvalue weighted by atomic mass is 10.1. The number of ether oxygens (including phenoxy) is 1. The van der Waals surface area contributed by atoms with Crippen molar-refractivity contribution in [2.45, 2.75) is 6.54 Å². The van der Waals surface area contributed by atoms with E-state index in [4.69, 9.17) is 9.72 Å². The summed E-state index contributed by atoms with van der Waals surface area (Å²) in [6.07, 6.45) is 0.813. The largest absolute Gasteiger partial charge is 0.497 e. The number of aldehydes is 1. The van der Waals surface area contributed by atoms with E-state index in [-0.39, 0.29) is 5.56 Å². The summed E-state index contributed by atoms with van der Waals surface area (Å²) in [6.45, 7) is 0.410. The molecule has 152 valence electrons. The van der Waals surface area contributed by atoms with Crippen molar-refractivity contribution in [3.63, 3.8) is 0 Å². The summed E-state index contributed by atoms with van der Waals surface area (Å²) in [5.74, 6) is 1.34. The number of rotatable bonds is 5. The molecule has 0 aliphatic rings. The van der Waals surface area contributed by atoms with E-state index in [2.05, 4.69) is 0 Å². The highest BCUT2D eigenvalue weighted by molar-refractivity contribution is 7.25. The Morgan fingerprint density at radius 3 is 2.52 bits per heavy atom. The molecule has 0 bridgehead atoms. The molecule has 0 saturated carbocycles. The predicted molar refractivity (Wildman–Crippen MR) is 124 cm³/mol. The molecule has 0 amide bonds. The van der Waals surface area contributed by atoms with Crippen molar-refractivity contribution in [1.29, 1.82) is 0 Å². The minimum absolute atomic E-state index is 0.0928. The van der Waals surface area contributed by atoms with Crippen molar-refractivity contribution in [1.82, 2.24) is 9.55 Å². The standard InChI is InChI=1S/C25H18N2O3S/c1-30-19-10-8-18(9-11-19)23-26-24-22(20-12-7-17(15-28)13-21(20)31-24)25(29)27(23)14-16-5-3-2-4-6-16/h2-13,15H,14H2,1H3. The first-order valence-corrected chi connectivity index (χ1v) is 10.6. The van der Waals surface area contributed by atoms with Gasteiger partial charge in [-0.05, 0) is 35.9 Å². The summed E-state index contributed by atoms with van der Waals surface area (Å²) in [5, 5.41) is 1.41. The number of aromatic nitrogens is 2. The van der Waals surface area contributed by atoms with E-state index in [0.717, 1.165) is 33.2 Å². The van der Waals surface area contributed by atoms with Crippen LogP contribution in [0.4, 0.5) is 0 Å². The maximum Gasteiger partial charge on any atom is 0.263 e. The van der Waals surface area contributed by atoms with Crippen molar-refractivity contribution in [3.05, 3.63) is 94.3 Å². The molecule has 0 radical (unpaired) electrons. The average molecular weight is 426 g/mol. The second-order valence-electron chi connectivity index (χ2n) is 7.20. The lowest BCUT2D eigenvalue weighted by Crippen LogP contribution is -2.23. The lowest BCUT2D eigenvalue weighted by Gasteiger charge is -2.13. The molecule has 0 fully saturated rings. The molecule has 6 heteroatoms. The third-order valence-electron chi connectivity index (χ3n) is 5.29. The Balaban J connectivity index is 1.80. The van der Waals surface area contributed by atoms with Crippen molar-refractivity contribution in [2.24, 2.45) is 0 Å². The Morgan fingerprint density at radius 1 is 1.03 bits per heavy atom. The molecule has 0 N–H and O–H groups in total. The Hall–Kier alpha value is -3.77. The highest BCUT2D eigenvalue weighted by Gasteiger charge is 2.18. The molecule has 0 aliphatic heterocycles. The second kappa shape index (κ2) is 7.81. The number of nitrogens with zero attached hydrogens (tertiary/aromatic N) is 2. The first-order valence-electron chi connectivity index (χ1n) is 9.78. The molecule has 5 rings (SSSR count). The van der Waals surface area contributed by atoms with Crippen molar-refractivity contribution >= 4 is 37.9 Å². The Bertz CT molecular complexity index is 1470. The van der Waals surface area contributed by atoms with E-state index in [1.165, 1.54) is 11.3 Å². The van der Waals surface area contributed by atoms with Crippen molar-refractivity contribution < 1.29 is 9.53 Å². The zero-order valence-electron chi connectivity index (χ0n) is 16.7. The molecule has 0 aliphatic carbocycles. The summed E-state index contributed by atoms with van der Waals surface area (Å²) in [5.41, 5.74) is 2.34. The topological polar surface area (TPSA) is 61.2 Å². The maximum atomic E-state index is 13.7. The number of carbonyl (C=O) groups excluding carboxylic acids is 1. The average Bonchev–Trinajstić information content (AvgIpc) is 3.19. The van der Waals surface area contributed by atoms with Crippen LogP contribution in [0, 0.1) is 0 Å². The highest BCUT2D eigenvalue weighted by atomic mass is 32.1. The van der Waals surface area contributed by atoms with E-state index in [1.807, 2.05) is 66.7 Å². The van der Waals surface area contributed by atoms with Crippen LogP contribution >= 0.6 is 11.3 Å². The number of hydrogen-bond acceptors (Lipinski definition) is 5. The zero-order valence-corrected chi connectivity index (χ0v) is 17.6. The van der Waals surface area contributed by atoms with E-state index in [0.29, 0.717) is 28.1 Å². The van der Waals surface area contributed by atoms with Gasteiger partial charge >= 0.3 is 0 Å². The number of methoxy groups -OCH3 is 1. The fourth-order valence-electron chi connectivity index (χ4n) is 3.72. The van der Waals surface area contributed by atoms with Crippen LogP contribution < -0.4 is 10.3 Å². The van der Waals surface area contributed by atoms with Crippen molar-refractivity contribution in [3.8, 4) is 17.1 Å². The van der Waals surface area contributed by atoms with E-state index < -0.39 is 0 Å². The Morgan fingerprint density at radius 2 is 1.81 bits per heavy atom.